The predicted molar refractivity (Wildman–Crippen MR) is 80.9 cm³/mol. The van der Waals surface area contributed by atoms with Crippen molar-refractivity contribution in [2.75, 3.05) is 12.4 Å². The summed E-state index contributed by atoms with van der Waals surface area (Å²) >= 11 is 1.46. The SMILES string of the molecule is CNc1nc(-c2cc(-c3ccccc3)n[nH]c2=O)cs1. The van der Waals surface area contributed by atoms with Gasteiger partial charge in [-0.2, -0.15) is 5.10 Å². The number of aromatic amines is 1. The van der Waals surface area contributed by atoms with E-state index in [9.17, 15) is 4.79 Å². The van der Waals surface area contributed by atoms with Gasteiger partial charge in [0.25, 0.3) is 5.56 Å². The molecule has 0 aliphatic carbocycles. The molecule has 100 valence electrons. The molecule has 20 heavy (non-hydrogen) atoms. The Hall–Kier alpha value is -2.47. The fourth-order valence-corrected chi connectivity index (χ4v) is 2.54. The Labute approximate surface area is 119 Å². The molecule has 2 heterocycles. The number of anilines is 1. The summed E-state index contributed by atoms with van der Waals surface area (Å²) in [6, 6.07) is 11.5. The Balaban J connectivity index is 2.10. The summed E-state index contributed by atoms with van der Waals surface area (Å²) in [7, 11) is 1.80. The van der Waals surface area contributed by atoms with Gasteiger partial charge in [-0.3, -0.25) is 4.79 Å². The van der Waals surface area contributed by atoms with Crippen molar-refractivity contribution < 1.29 is 0 Å². The zero-order valence-corrected chi connectivity index (χ0v) is 11.6. The highest BCUT2D eigenvalue weighted by Crippen LogP contribution is 2.24. The molecule has 1 aromatic carbocycles. The fraction of sp³-hybridized carbons (Fsp3) is 0.0714. The quantitative estimate of drug-likeness (QED) is 0.775. The number of hydrogen-bond acceptors (Lipinski definition) is 5. The molecule has 0 spiro atoms. The number of thiazole rings is 1. The largest absolute Gasteiger partial charge is 0.365 e. The first kappa shape index (κ1) is 12.6. The van der Waals surface area contributed by atoms with Crippen LogP contribution >= 0.6 is 11.3 Å². The highest BCUT2D eigenvalue weighted by atomic mass is 32.1. The molecule has 0 saturated heterocycles. The Bertz CT molecular complexity index is 779. The lowest BCUT2D eigenvalue weighted by molar-refractivity contribution is 0.996. The molecule has 3 rings (SSSR count). The smallest absolute Gasteiger partial charge is 0.273 e. The third kappa shape index (κ3) is 2.33. The van der Waals surface area contributed by atoms with Gasteiger partial charge in [-0.05, 0) is 6.07 Å². The molecule has 0 aliphatic heterocycles. The molecular weight excluding hydrogens is 272 g/mol. The highest BCUT2D eigenvalue weighted by Gasteiger charge is 2.10. The Morgan fingerprint density at radius 2 is 2.00 bits per heavy atom. The molecule has 6 heteroatoms. The van der Waals surface area contributed by atoms with Gasteiger partial charge in [-0.1, -0.05) is 30.3 Å². The lowest BCUT2D eigenvalue weighted by Gasteiger charge is -2.02. The van der Waals surface area contributed by atoms with E-state index >= 15 is 0 Å². The normalized spacial score (nSPS) is 10.4. The van der Waals surface area contributed by atoms with Crippen LogP contribution in [0.4, 0.5) is 5.13 Å². The van der Waals surface area contributed by atoms with Crippen LogP contribution in [0.3, 0.4) is 0 Å². The molecule has 0 amide bonds. The van der Waals surface area contributed by atoms with Crippen molar-refractivity contribution >= 4 is 16.5 Å². The molecule has 0 radical (unpaired) electrons. The zero-order valence-electron chi connectivity index (χ0n) is 10.8. The minimum atomic E-state index is -0.238. The Morgan fingerprint density at radius 1 is 1.20 bits per heavy atom. The van der Waals surface area contributed by atoms with E-state index < -0.39 is 0 Å². The van der Waals surface area contributed by atoms with Crippen molar-refractivity contribution in [3.63, 3.8) is 0 Å². The van der Waals surface area contributed by atoms with Gasteiger partial charge < -0.3 is 5.32 Å². The van der Waals surface area contributed by atoms with Crippen molar-refractivity contribution in [2.24, 2.45) is 0 Å². The van der Waals surface area contributed by atoms with Crippen molar-refractivity contribution in [3.05, 3.63) is 52.1 Å². The van der Waals surface area contributed by atoms with E-state index in [0.29, 0.717) is 11.3 Å². The standard InChI is InChI=1S/C14H12N4OS/c1-15-14-16-12(8-20-14)10-7-11(17-18-13(10)19)9-5-3-2-4-6-9/h2-8H,1H3,(H,15,16)(H,18,19). The Kier molecular flexibility index (Phi) is 3.30. The van der Waals surface area contributed by atoms with Gasteiger partial charge in [0.2, 0.25) is 0 Å². The average Bonchev–Trinajstić information content (AvgIpc) is 2.97. The molecule has 0 saturated carbocycles. The number of nitrogens with zero attached hydrogens (tertiary/aromatic N) is 2. The fourth-order valence-electron chi connectivity index (χ4n) is 1.87. The number of hydrogen-bond donors (Lipinski definition) is 2. The van der Waals surface area contributed by atoms with Gasteiger partial charge in [0.15, 0.2) is 5.13 Å². The number of nitrogens with one attached hydrogen (secondary N) is 2. The van der Waals surface area contributed by atoms with Crippen LogP contribution in [0.1, 0.15) is 0 Å². The van der Waals surface area contributed by atoms with Crippen LogP contribution in [-0.2, 0) is 0 Å². The summed E-state index contributed by atoms with van der Waals surface area (Å²) in [6.07, 6.45) is 0. The number of benzene rings is 1. The minimum absolute atomic E-state index is 0.238. The molecule has 3 aromatic rings. The zero-order chi connectivity index (χ0) is 13.9. The second-order valence-corrected chi connectivity index (χ2v) is 5.01. The van der Waals surface area contributed by atoms with Crippen molar-refractivity contribution in [1.29, 1.82) is 0 Å². The maximum atomic E-state index is 11.9. The molecule has 2 aromatic heterocycles. The van der Waals surface area contributed by atoms with Crippen LogP contribution in [0.25, 0.3) is 22.5 Å². The number of H-pyrrole nitrogens is 1. The predicted octanol–water partition coefficient (Wildman–Crippen LogP) is 2.60. The molecule has 0 bridgehead atoms. The molecular formula is C14H12N4OS. The van der Waals surface area contributed by atoms with Crippen LogP contribution < -0.4 is 10.9 Å². The van der Waals surface area contributed by atoms with Crippen molar-refractivity contribution in [3.8, 4) is 22.5 Å². The van der Waals surface area contributed by atoms with E-state index in [2.05, 4.69) is 20.5 Å². The number of rotatable bonds is 3. The maximum absolute atomic E-state index is 11.9. The van der Waals surface area contributed by atoms with Crippen LogP contribution in [-0.4, -0.2) is 22.2 Å². The van der Waals surface area contributed by atoms with Gasteiger partial charge in [0.1, 0.15) is 0 Å². The van der Waals surface area contributed by atoms with Crippen LogP contribution in [0.15, 0.2) is 46.6 Å². The van der Waals surface area contributed by atoms with E-state index in [4.69, 9.17) is 0 Å². The monoisotopic (exact) mass is 284 g/mol. The highest BCUT2D eigenvalue weighted by molar-refractivity contribution is 7.14. The summed E-state index contributed by atoms with van der Waals surface area (Å²) in [5, 5.41) is 12.2. The van der Waals surface area contributed by atoms with E-state index in [1.54, 1.807) is 13.1 Å². The average molecular weight is 284 g/mol. The number of aromatic nitrogens is 3. The third-order valence-electron chi connectivity index (χ3n) is 2.87. The second kappa shape index (κ2) is 5.26. The first-order valence-electron chi connectivity index (χ1n) is 6.07. The topological polar surface area (TPSA) is 70.7 Å². The van der Waals surface area contributed by atoms with E-state index in [1.807, 2.05) is 35.7 Å². The van der Waals surface area contributed by atoms with E-state index in [-0.39, 0.29) is 5.56 Å². The lowest BCUT2D eigenvalue weighted by atomic mass is 10.1. The third-order valence-corrected chi connectivity index (χ3v) is 3.73. The summed E-state index contributed by atoms with van der Waals surface area (Å²) in [6.45, 7) is 0. The van der Waals surface area contributed by atoms with Crippen LogP contribution in [0.5, 0.6) is 0 Å². The first-order chi connectivity index (χ1) is 9.78. The molecule has 5 nitrogen and oxygen atoms in total. The summed E-state index contributed by atoms with van der Waals surface area (Å²) in [5.41, 5.74) is 2.61. The van der Waals surface area contributed by atoms with Gasteiger partial charge in [0.05, 0.1) is 17.0 Å². The lowest BCUT2D eigenvalue weighted by Crippen LogP contribution is -2.11. The van der Waals surface area contributed by atoms with E-state index in [1.165, 1.54) is 11.3 Å². The van der Waals surface area contributed by atoms with Gasteiger partial charge in [0, 0.05) is 18.0 Å². The summed E-state index contributed by atoms with van der Waals surface area (Å²) in [5.74, 6) is 0. The first-order valence-corrected chi connectivity index (χ1v) is 6.94. The van der Waals surface area contributed by atoms with Crippen molar-refractivity contribution in [2.45, 2.75) is 0 Å². The second-order valence-electron chi connectivity index (χ2n) is 4.15. The van der Waals surface area contributed by atoms with Crippen LogP contribution in [0, 0.1) is 0 Å². The van der Waals surface area contributed by atoms with Gasteiger partial charge in [-0.15, -0.1) is 11.3 Å². The molecule has 0 aliphatic rings. The molecule has 0 atom stereocenters. The molecule has 0 unspecified atom stereocenters. The minimum Gasteiger partial charge on any atom is -0.365 e. The van der Waals surface area contributed by atoms with Crippen LogP contribution in [0.2, 0.25) is 0 Å². The maximum Gasteiger partial charge on any atom is 0.273 e. The molecule has 0 fully saturated rings. The Morgan fingerprint density at radius 3 is 2.70 bits per heavy atom. The van der Waals surface area contributed by atoms with Crippen molar-refractivity contribution in [1.82, 2.24) is 15.2 Å². The summed E-state index contributed by atoms with van der Waals surface area (Å²) in [4.78, 5) is 16.3. The molecule has 2 N–H and O–H groups in total. The van der Waals surface area contributed by atoms with E-state index in [0.717, 1.165) is 16.4 Å². The summed E-state index contributed by atoms with van der Waals surface area (Å²) < 4.78 is 0. The van der Waals surface area contributed by atoms with Gasteiger partial charge in [-0.25, -0.2) is 10.1 Å². The van der Waals surface area contributed by atoms with Gasteiger partial charge >= 0.3 is 0 Å².